The molecule has 0 aliphatic heterocycles. The zero-order chi connectivity index (χ0) is 12.0. The van der Waals surface area contributed by atoms with Crippen LogP contribution in [0.2, 0.25) is 0 Å². The first-order valence-electron chi connectivity index (χ1n) is 5.08. The lowest BCUT2D eigenvalue weighted by atomic mass is 10.1. The van der Waals surface area contributed by atoms with Gasteiger partial charge in [-0.2, -0.15) is 0 Å². The van der Waals surface area contributed by atoms with Gasteiger partial charge in [-0.25, -0.2) is 0 Å². The van der Waals surface area contributed by atoms with E-state index in [4.69, 9.17) is 9.47 Å². The van der Waals surface area contributed by atoms with Crippen LogP contribution in [0.4, 0.5) is 0 Å². The molecule has 1 rings (SSSR count). The van der Waals surface area contributed by atoms with E-state index < -0.39 is 0 Å². The molecule has 0 aliphatic rings. The lowest BCUT2D eigenvalue weighted by Gasteiger charge is -2.08. The van der Waals surface area contributed by atoms with Gasteiger partial charge in [0.05, 0.1) is 20.1 Å². The molecule has 88 valence electrons. The highest BCUT2D eigenvalue weighted by Gasteiger charge is 2.07. The fraction of sp³-hybridized carbons (Fsp3) is 0.417. The summed E-state index contributed by atoms with van der Waals surface area (Å²) in [5.41, 5.74) is 1.97. The minimum atomic E-state index is -0.212. The van der Waals surface area contributed by atoms with E-state index in [1.165, 1.54) is 0 Å². The number of methoxy groups -OCH3 is 1. The second kappa shape index (κ2) is 6.53. The van der Waals surface area contributed by atoms with Crippen molar-refractivity contribution in [3.8, 4) is 5.75 Å². The first-order chi connectivity index (χ1) is 7.71. The van der Waals surface area contributed by atoms with Crippen LogP contribution in [-0.4, -0.2) is 19.7 Å². The van der Waals surface area contributed by atoms with Crippen LogP contribution in [0, 0.1) is 0 Å². The largest absolute Gasteiger partial charge is 0.496 e. The topological polar surface area (TPSA) is 35.5 Å². The van der Waals surface area contributed by atoms with Gasteiger partial charge in [0, 0.05) is 10.9 Å². The van der Waals surface area contributed by atoms with Crippen LogP contribution >= 0.6 is 15.9 Å². The van der Waals surface area contributed by atoms with E-state index in [-0.39, 0.29) is 12.4 Å². The summed E-state index contributed by atoms with van der Waals surface area (Å²) in [6, 6.07) is 5.73. The van der Waals surface area contributed by atoms with Gasteiger partial charge < -0.3 is 9.47 Å². The second-order valence-corrected chi connectivity index (χ2v) is 3.82. The minimum Gasteiger partial charge on any atom is -0.496 e. The summed E-state index contributed by atoms with van der Waals surface area (Å²) in [4.78, 5) is 11.3. The Morgan fingerprint density at radius 2 is 2.19 bits per heavy atom. The number of esters is 1. The number of carbonyl (C=O) groups is 1. The number of hydrogen-bond acceptors (Lipinski definition) is 3. The minimum absolute atomic E-state index is 0.212. The molecule has 1 aromatic rings. The predicted molar refractivity (Wildman–Crippen MR) is 66.0 cm³/mol. The summed E-state index contributed by atoms with van der Waals surface area (Å²) in [6.45, 7) is 2.21. The second-order valence-electron chi connectivity index (χ2n) is 3.26. The summed E-state index contributed by atoms with van der Waals surface area (Å²) in [6.07, 6.45) is 0.284. The molecule has 0 heterocycles. The lowest BCUT2D eigenvalue weighted by Crippen LogP contribution is -2.07. The molecular formula is C12H15BrO3. The van der Waals surface area contributed by atoms with Gasteiger partial charge in [0.15, 0.2) is 0 Å². The van der Waals surface area contributed by atoms with Gasteiger partial charge in [0.25, 0.3) is 0 Å². The number of hydrogen-bond donors (Lipinski definition) is 0. The van der Waals surface area contributed by atoms with Gasteiger partial charge >= 0.3 is 5.97 Å². The first-order valence-corrected chi connectivity index (χ1v) is 6.20. The molecule has 3 nitrogen and oxygen atoms in total. The van der Waals surface area contributed by atoms with Crippen LogP contribution in [0.25, 0.3) is 0 Å². The van der Waals surface area contributed by atoms with Crippen LogP contribution in [0.1, 0.15) is 18.1 Å². The summed E-state index contributed by atoms with van der Waals surface area (Å²) in [5, 5.41) is 0.732. The smallest absolute Gasteiger partial charge is 0.310 e. The Morgan fingerprint density at radius 3 is 2.75 bits per heavy atom. The van der Waals surface area contributed by atoms with Crippen molar-refractivity contribution >= 4 is 21.9 Å². The Labute approximate surface area is 104 Å². The fourth-order valence-corrected chi connectivity index (χ4v) is 1.85. The molecule has 0 amide bonds. The molecule has 1 aromatic carbocycles. The Hall–Kier alpha value is -1.03. The fourth-order valence-electron chi connectivity index (χ4n) is 1.39. The van der Waals surface area contributed by atoms with Gasteiger partial charge in [-0.1, -0.05) is 28.1 Å². The molecule has 0 spiro atoms. The highest BCUT2D eigenvalue weighted by molar-refractivity contribution is 9.08. The maximum atomic E-state index is 11.3. The third-order valence-electron chi connectivity index (χ3n) is 2.15. The zero-order valence-corrected chi connectivity index (χ0v) is 11.0. The maximum Gasteiger partial charge on any atom is 0.310 e. The molecule has 0 unspecified atom stereocenters. The van der Waals surface area contributed by atoms with Crippen molar-refractivity contribution in [1.82, 2.24) is 0 Å². The van der Waals surface area contributed by atoms with Crippen molar-refractivity contribution in [3.63, 3.8) is 0 Å². The molecule has 0 N–H and O–H groups in total. The van der Waals surface area contributed by atoms with Crippen LogP contribution in [-0.2, 0) is 21.3 Å². The molecular weight excluding hydrogens is 272 g/mol. The van der Waals surface area contributed by atoms with Crippen molar-refractivity contribution in [2.24, 2.45) is 0 Å². The highest BCUT2D eigenvalue weighted by atomic mass is 79.9. The summed E-state index contributed by atoms with van der Waals surface area (Å²) in [5.74, 6) is 0.579. The summed E-state index contributed by atoms with van der Waals surface area (Å²) >= 11 is 3.38. The standard InChI is InChI=1S/C12H15BrO3/c1-3-16-12(14)7-9-4-5-10(8-13)11(6-9)15-2/h4-6H,3,7-8H2,1-2H3. The van der Waals surface area contributed by atoms with Crippen molar-refractivity contribution in [2.45, 2.75) is 18.7 Å². The Kier molecular flexibility index (Phi) is 5.32. The first kappa shape index (κ1) is 13.0. The van der Waals surface area contributed by atoms with Crippen LogP contribution in [0.15, 0.2) is 18.2 Å². The number of carbonyl (C=O) groups excluding carboxylic acids is 1. The van der Waals surface area contributed by atoms with E-state index in [0.717, 1.165) is 22.2 Å². The number of halogens is 1. The average molecular weight is 287 g/mol. The lowest BCUT2D eigenvalue weighted by molar-refractivity contribution is -0.142. The zero-order valence-electron chi connectivity index (χ0n) is 9.46. The van der Waals surface area contributed by atoms with E-state index in [1.807, 2.05) is 18.2 Å². The van der Waals surface area contributed by atoms with Gasteiger partial charge in [-0.05, 0) is 18.6 Å². The Bertz CT molecular complexity index is 363. The van der Waals surface area contributed by atoms with E-state index in [9.17, 15) is 4.79 Å². The van der Waals surface area contributed by atoms with E-state index >= 15 is 0 Å². The monoisotopic (exact) mass is 286 g/mol. The van der Waals surface area contributed by atoms with Crippen LogP contribution in [0.3, 0.4) is 0 Å². The van der Waals surface area contributed by atoms with E-state index in [0.29, 0.717) is 6.61 Å². The average Bonchev–Trinajstić information content (AvgIpc) is 2.29. The molecule has 0 bridgehead atoms. The van der Waals surface area contributed by atoms with Crippen molar-refractivity contribution in [3.05, 3.63) is 29.3 Å². The van der Waals surface area contributed by atoms with Crippen molar-refractivity contribution in [1.29, 1.82) is 0 Å². The molecule has 0 aromatic heterocycles. The molecule has 0 saturated carbocycles. The highest BCUT2D eigenvalue weighted by Crippen LogP contribution is 2.22. The molecule has 0 saturated heterocycles. The molecule has 0 aliphatic carbocycles. The van der Waals surface area contributed by atoms with E-state index in [1.54, 1.807) is 14.0 Å². The number of benzene rings is 1. The molecule has 16 heavy (non-hydrogen) atoms. The number of ether oxygens (including phenoxy) is 2. The van der Waals surface area contributed by atoms with Crippen LogP contribution in [0.5, 0.6) is 5.75 Å². The Balaban J connectivity index is 2.78. The third-order valence-corrected chi connectivity index (χ3v) is 2.75. The van der Waals surface area contributed by atoms with Crippen molar-refractivity contribution < 1.29 is 14.3 Å². The Morgan fingerprint density at radius 1 is 1.44 bits per heavy atom. The quantitative estimate of drug-likeness (QED) is 0.617. The molecule has 0 fully saturated rings. The van der Waals surface area contributed by atoms with Gasteiger partial charge in [-0.3, -0.25) is 4.79 Å². The third kappa shape index (κ3) is 3.52. The number of rotatable bonds is 5. The summed E-state index contributed by atoms with van der Waals surface area (Å²) in [7, 11) is 1.62. The predicted octanol–water partition coefficient (Wildman–Crippen LogP) is 2.70. The van der Waals surface area contributed by atoms with Crippen molar-refractivity contribution in [2.75, 3.05) is 13.7 Å². The van der Waals surface area contributed by atoms with Gasteiger partial charge in [-0.15, -0.1) is 0 Å². The normalized spacial score (nSPS) is 9.94. The van der Waals surface area contributed by atoms with Crippen LogP contribution < -0.4 is 4.74 Å². The number of alkyl halides is 1. The summed E-state index contributed by atoms with van der Waals surface area (Å²) < 4.78 is 10.1. The van der Waals surface area contributed by atoms with Gasteiger partial charge in [0.2, 0.25) is 0 Å². The SMILES string of the molecule is CCOC(=O)Cc1ccc(CBr)c(OC)c1. The molecule has 0 radical (unpaired) electrons. The molecule has 0 atom stereocenters. The van der Waals surface area contributed by atoms with Gasteiger partial charge in [0.1, 0.15) is 5.75 Å². The maximum absolute atomic E-state index is 11.3. The molecule has 4 heteroatoms. The van der Waals surface area contributed by atoms with E-state index in [2.05, 4.69) is 15.9 Å².